The predicted molar refractivity (Wildman–Crippen MR) is 82.7 cm³/mol. The van der Waals surface area contributed by atoms with Crippen molar-refractivity contribution in [2.75, 3.05) is 24.5 Å². The van der Waals surface area contributed by atoms with Crippen LogP contribution in [0.3, 0.4) is 0 Å². The van der Waals surface area contributed by atoms with Gasteiger partial charge in [-0.05, 0) is 49.6 Å². The Labute approximate surface area is 125 Å². The molecule has 0 saturated carbocycles. The van der Waals surface area contributed by atoms with Gasteiger partial charge in [0.05, 0.1) is 0 Å². The number of Topliss-reactive ketones (excluding diaryl/α,β-unsaturated/α-hetero) is 1. The highest BCUT2D eigenvalue weighted by atomic mass is 16.2. The van der Waals surface area contributed by atoms with Gasteiger partial charge in [-0.25, -0.2) is 0 Å². The van der Waals surface area contributed by atoms with Gasteiger partial charge in [-0.2, -0.15) is 0 Å². The van der Waals surface area contributed by atoms with Crippen LogP contribution in [-0.2, 0) is 11.2 Å². The molecule has 1 fully saturated rings. The van der Waals surface area contributed by atoms with Crippen LogP contribution in [0.5, 0.6) is 0 Å². The summed E-state index contributed by atoms with van der Waals surface area (Å²) in [5, 5.41) is 3.29. The molecule has 1 amide bonds. The third kappa shape index (κ3) is 2.72. The molecule has 4 heteroatoms. The molecule has 2 aliphatic heterocycles. The fourth-order valence-electron chi connectivity index (χ4n) is 3.32. The number of nitrogens with one attached hydrogen (secondary N) is 1. The summed E-state index contributed by atoms with van der Waals surface area (Å²) < 4.78 is 0. The third-order valence-electron chi connectivity index (χ3n) is 4.53. The summed E-state index contributed by atoms with van der Waals surface area (Å²) >= 11 is 0. The van der Waals surface area contributed by atoms with Crippen LogP contribution in [0.2, 0.25) is 0 Å². The quantitative estimate of drug-likeness (QED) is 0.866. The van der Waals surface area contributed by atoms with Crippen molar-refractivity contribution in [2.24, 2.45) is 5.92 Å². The van der Waals surface area contributed by atoms with Gasteiger partial charge >= 0.3 is 0 Å². The Morgan fingerprint density at radius 1 is 1.38 bits per heavy atom. The van der Waals surface area contributed by atoms with Gasteiger partial charge in [0.15, 0.2) is 5.78 Å². The Kier molecular flexibility index (Phi) is 4.06. The lowest BCUT2D eigenvalue weighted by Crippen LogP contribution is -2.34. The maximum Gasteiger partial charge on any atom is 0.226 e. The number of amides is 1. The second-order valence-corrected chi connectivity index (χ2v) is 5.90. The van der Waals surface area contributed by atoms with Gasteiger partial charge in [0.25, 0.3) is 0 Å². The predicted octanol–water partition coefficient (Wildman–Crippen LogP) is 2.17. The Bertz CT molecular complexity index is 562. The third-order valence-corrected chi connectivity index (χ3v) is 4.53. The second-order valence-electron chi connectivity index (χ2n) is 5.90. The van der Waals surface area contributed by atoms with E-state index in [1.165, 1.54) is 0 Å². The fourth-order valence-corrected chi connectivity index (χ4v) is 3.32. The molecule has 0 radical (unpaired) electrons. The molecule has 0 bridgehead atoms. The molecule has 21 heavy (non-hydrogen) atoms. The average Bonchev–Trinajstić information content (AvgIpc) is 2.97. The molecule has 3 rings (SSSR count). The van der Waals surface area contributed by atoms with E-state index in [9.17, 15) is 9.59 Å². The first-order valence-corrected chi connectivity index (χ1v) is 7.89. The summed E-state index contributed by atoms with van der Waals surface area (Å²) in [5.74, 6) is 0.501. The summed E-state index contributed by atoms with van der Waals surface area (Å²) in [5.41, 5.74) is 2.92. The standard InChI is InChI=1S/C17H22N2O2/c1-2-16(20)19-9-7-12-10-13(5-6-15(12)19)17(21)14-4-3-8-18-11-14/h5-6,10,14,18H,2-4,7-9,11H2,1H3. The van der Waals surface area contributed by atoms with Gasteiger partial charge in [-0.3, -0.25) is 9.59 Å². The van der Waals surface area contributed by atoms with Gasteiger partial charge in [-0.15, -0.1) is 0 Å². The first-order chi connectivity index (χ1) is 10.2. The monoisotopic (exact) mass is 286 g/mol. The van der Waals surface area contributed by atoms with Gasteiger partial charge in [-0.1, -0.05) is 6.92 Å². The number of hydrogen-bond donors (Lipinski definition) is 1. The van der Waals surface area contributed by atoms with E-state index >= 15 is 0 Å². The van der Waals surface area contributed by atoms with E-state index in [0.29, 0.717) is 6.42 Å². The van der Waals surface area contributed by atoms with Crippen molar-refractivity contribution in [3.63, 3.8) is 0 Å². The number of fused-ring (bicyclic) bond motifs is 1. The van der Waals surface area contributed by atoms with Crippen LogP contribution in [0.15, 0.2) is 18.2 Å². The molecule has 1 aromatic rings. The van der Waals surface area contributed by atoms with Gasteiger partial charge < -0.3 is 10.2 Å². The molecule has 1 unspecified atom stereocenters. The van der Waals surface area contributed by atoms with E-state index in [4.69, 9.17) is 0 Å². The molecule has 1 N–H and O–H groups in total. The van der Waals surface area contributed by atoms with E-state index in [1.807, 2.05) is 30.0 Å². The zero-order valence-electron chi connectivity index (χ0n) is 12.5. The van der Waals surface area contributed by atoms with Gasteiger partial charge in [0.2, 0.25) is 5.91 Å². The van der Waals surface area contributed by atoms with Crippen molar-refractivity contribution in [3.05, 3.63) is 29.3 Å². The van der Waals surface area contributed by atoms with Crippen LogP contribution in [0, 0.1) is 5.92 Å². The first-order valence-electron chi connectivity index (χ1n) is 7.89. The van der Waals surface area contributed by atoms with E-state index in [2.05, 4.69) is 5.32 Å². The zero-order valence-corrected chi connectivity index (χ0v) is 12.5. The summed E-state index contributed by atoms with van der Waals surface area (Å²) in [6.07, 6.45) is 3.42. The minimum absolute atomic E-state index is 0.103. The molecule has 1 atom stereocenters. The number of rotatable bonds is 3. The van der Waals surface area contributed by atoms with Crippen molar-refractivity contribution in [2.45, 2.75) is 32.6 Å². The molecule has 112 valence electrons. The average molecular weight is 286 g/mol. The lowest BCUT2D eigenvalue weighted by molar-refractivity contribution is -0.118. The molecule has 4 nitrogen and oxygen atoms in total. The number of benzene rings is 1. The highest BCUT2D eigenvalue weighted by Crippen LogP contribution is 2.30. The first kappa shape index (κ1) is 14.3. The number of ketones is 1. The van der Waals surface area contributed by atoms with Gasteiger partial charge in [0, 0.05) is 36.7 Å². The fraction of sp³-hybridized carbons (Fsp3) is 0.529. The van der Waals surface area contributed by atoms with E-state index < -0.39 is 0 Å². The Morgan fingerprint density at radius 3 is 2.95 bits per heavy atom. The number of piperidine rings is 1. The maximum atomic E-state index is 12.6. The molecule has 1 saturated heterocycles. The van der Waals surface area contributed by atoms with Crippen molar-refractivity contribution in [1.82, 2.24) is 5.32 Å². The van der Waals surface area contributed by atoms with Crippen molar-refractivity contribution in [3.8, 4) is 0 Å². The summed E-state index contributed by atoms with van der Waals surface area (Å²) in [4.78, 5) is 26.3. The normalized spacial score (nSPS) is 21.2. The van der Waals surface area contributed by atoms with E-state index in [-0.39, 0.29) is 17.6 Å². The lowest BCUT2D eigenvalue weighted by Gasteiger charge is -2.22. The molecule has 1 aromatic carbocycles. The largest absolute Gasteiger partial charge is 0.316 e. The highest BCUT2D eigenvalue weighted by molar-refractivity contribution is 6.00. The van der Waals surface area contributed by atoms with Crippen LogP contribution >= 0.6 is 0 Å². The molecule has 2 heterocycles. The summed E-state index contributed by atoms with van der Waals surface area (Å²) in [6.45, 7) is 4.43. The maximum absolute atomic E-state index is 12.6. The van der Waals surface area contributed by atoms with Crippen LogP contribution < -0.4 is 10.2 Å². The van der Waals surface area contributed by atoms with Crippen molar-refractivity contribution >= 4 is 17.4 Å². The SMILES string of the molecule is CCC(=O)N1CCc2cc(C(=O)C3CCCNC3)ccc21. The number of carbonyl (C=O) groups is 2. The summed E-state index contributed by atoms with van der Waals surface area (Å²) in [6, 6.07) is 5.83. The minimum atomic E-state index is 0.103. The van der Waals surface area contributed by atoms with Crippen LogP contribution in [-0.4, -0.2) is 31.3 Å². The zero-order chi connectivity index (χ0) is 14.8. The van der Waals surface area contributed by atoms with Crippen LogP contribution in [0.1, 0.15) is 42.1 Å². The van der Waals surface area contributed by atoms with E-state index in [0.717, 1.165) is 55.7 Å². The molecular weight excluding hydrogens is 264 g/mol. The number of nitrogens with zero attached hydrogens (tertiary/aromatic N) is 1. The Hall–Kier alpha value is -1.68. The molecule has 2 aliphatic rings. The van der Waals surface area contributed by atoms with Crippen molar-refractivity contribution in [1.29, 1.82) is 0 Å². The number of hydrogen-bond acceptors (Lipinski definition) is 3. The Balaban J connectivity index is 1.80. The second kappa shape index (κ2) is 5.98. The number of carbonyl (C=O) groups excluding carboxylic acids is 2. The number of anilines is 1. The van der Waals surface area contributed by atoms with E-state index in [1.54, 1.807) is 0 Å². The highest BCUT2D eigenvalue weighted by Gasteiger charge is 2.26. The van der Waals surface area contributed by atoms with Crippen LogP contribution in [0.25, 0.3) is 0 Å². The molecule has 0 aliphatic carbocycles. The smallest absolute Gasteiger partial charge is 0.226 e. The molecule has 0 spiro atoms. The minimum Gasteiger partial charge on any atom is -0.316 e. The topological polar surface area (TPSA) is 49.4 Å². The van der Waals surface area contributed by atoms with Crippen molar-refractivity contribution < 1.29 is 9.59 Å². The molecule has 0 aromatic heterocycles. The van der Waals surface area contributed by atoms with Gasteiger partial charge in [0.1, 0.15) is 0 Å². The lowest BCUT2D eigenvalue weighted by atomic mass is 9.90. The molecular formula is C17H22N2O2. The summed E-state index contributed by atoms with van der Waals surface area (Å²) in [7, 11) is 0. The van der Waals surface area contributed by atoms with Crippen LogP contribution in [0.4, 0.5) is 5.69 Å². The Morgan fingerprint density at radius 2 is 2.24 bits per heavy atom.